The third-order valence-electron chi connectivity index (χ3n) is 3.50. The highest BCUT2D eigenvalue weighted by atomic mass is 15.0. The lowest BCUT2D eigenvalue weighted by Crippen LogP contribution is -2.44. The fourth-order valence-electron chi connectivity index (χ4n) is 2.36. The summed E-state index contributed by atoms with van der Waals surface area (Å²) in [5.74, 6) is 0. The second-order valence-electron chi connectivity index (χ2n) is 4.74. The molecule has 0 spiro atoms. The third kappa shape index (κ3) is 2.09. The number of hydrogen-bond acceptors (Lipinski definition) is 2. The minimum absolute atomic E-state index is 0.347. The number of hydrogen-bond donors (Lipinski definition) is 2. The highest BCUT2D eigenvalue weighted by molar-refractivity contribution is 5.58. The van der Waals surface area contributed by atoms with Crippen LogP contribution >= 0.6 is 0 Å². The molecule has 2 nitrogen and oxygen atoms in total. The molecule has 2 rings (SSSR count). The molecule has 3 N–H and O–H groups in total. The Morgan fingerprint density at radius 3 is 2.53 bits per heavy atom. The quantitative estimate of drug-likeness (QED) is 0.741. The molecule has 0 aliphatic heterocycles. The van der Waals surface area contributed by atoms with Gasteiger partial charge in [-0.1, -0.05) is 6.92 Å². The molecular weight excluding hydrogens is 184 g/mol. The summed E-state index contributed by atoms with van der Waals surface area (Å²) < 4.78 is 0. The molecule has 1 fully saturated rings. The molecule has 2 heteroatoms. The summed E-state index contributed by atoms with van der Waals surface area (Å²) >= 11 is 0. The van der Waals surface area contributed by atoms with Crippen LogP contribution in [-0.4, -0.2) is 5.54 Å². The van der Waals surface area contributed by atoms with E-state index in [4.69, 9.17) is 5.73 Å². The Bertz CT molecular complexity index is 328. The van der Waals surface area contributed by atoms with Crippen LogP contribution in [0, 0.1) is 6.92 Å². The minimum atomic E-state index is 0.347. The fourth-order valence-corrected chi connectivity index (χ4v) is 2.36. The van der Waals surface area contributed by atoms with Gasteiger partial charge in [-0.15, -0.1) is 0 Å². The van der Waals surface area contributed by atoms with Gasteiger partial charge in [-0.3, -0.25) is 0 Å². The number of benzene rings is 1. The van der Waals surface area contributed by atoms with Crippen LogP contribution in [0.5, 0.6) is 0 Å². The molecule has 0 unspecified atom stereocenters. The van der Waals surface area contributed by atoms with Gasteiger partial charge in [0.05, 0.1) is 0 Å². The maximum absolute atomic E-state index is 5.84. The standard InChI is InChI=1S/C13H20N2/c1-3-13(5-4-6-13)15-12-8-10(2)7-11(14)9-12/h7-9,15H,3-6,14H2,1-2H3. The molecule has 1 aromatic carbocycles. The van der Waals surface area contributed by atoms with E-state index >= 15 is 0 Å². The van der Waals surface area contributed by atoms with Gasteiger partial charge >= 0.3 is 0 Å². The summed E-state index contributed by atoms with van der Waals surface area (Å²) in [7, 11) is 0. The van der Waals surface area contributed by atoms with Crippen LogP contribution in [0.15, 0.2) is 18.2 Å². The SMILES string of the molecule is CCC1(Nc2cc(C)cc(N)c2)CCC1. The van der Waals surface area contributed by atoms with Crippen LogP contribution in [0.1, 0.15) is 38.2 Å². The number of nitrogen functional groups attached to an aromatic ring is 1. The van der Waals surface area contributed by atoms with Gasteiger partial charge < -0.3 is 11.1 Å². The predicted octanol–water partition coefficient (Wildman–Crippen LogP) is 3.32. The first-order valence-corrected chi connectivity index (χ1v) is 5.79. The topological polar surface area (TPSA) is 38.0 Å². The van der Waals surface area contributed by atoms with Crippen LogP contribution in [-0.2, 0) is 0 Å². The molecular formula is C13H20N2. The average Bonchev–Trinajstić information content (AvgIpc) is 2.10. The Balaban J connectivity index is 2.16. The van der Waals surface area contributed by atoms with Crippen molar-refractivity contribution in [3.05, 3.63) is 23.8 Å². The summed E-state index contributed by atoms with van der Waals surface area (Å²) in [6, 6.07) is 6.21. The molecule has 1 saturated carbocycles. The zero-order chi connectivity index (χ0) is 10.9. The van der Waals surface area contributed by atoms with E-state index in [1.807, 2.05) is 12.1 Å². The Hall–Kier alpha value is -1.18. The van der Waals surface area contributed by atoms with Gasteiger partial charge in [0.2, 0.25) is 0 Å². The average molecular weight is 204 g/mol. The van der Waals surface area contributed by atoms with E-state index < -0.39 is 0 Å². The van der Waals surface area contributed by atoms with Crippen molar-refractivity contribution in [1.29, 1.82) is 0 Å². The fraction of sp³-hybridized carbons (Fsp3) is 0.538. The molecule has 0 radical (unpaired) electrons. The second-order valence-corrected chi connectivity index (χ2v) is 4.74. The van der Waals surface area contributed by atoms with E-state index in [0.29, 0.717) is 5.54 Å². The Morgan fingerprint density at radius 2 is 2.07 bits per heavy atom. The van der Waals surface area contributed by atoms with E-state index in [2.05, 4.69) is 25.2 Å². The number of nitrogens with one attached hydrogen (secondary N) is 1. The molecule has 15 heavy (non-hydrogen) atoms. The van der Waals surface area contributed by atoms with Gasteiger partial charge in [0, 0.05) is 16.9 Å². The Labute approximate surface area is 91.9 Å². The molecule has 0 bridgehead atoms. The van der Waals surface area contributed by atoms with E-state index in [-0.39, 0.29) is 0 Å². The summed E-state index contributed by atoms with van der Waals surface area (Å²) in [5.41, 5.74) is 9.44. The summed E-state index contributed by atoms with van der Waals surface area (Å²) in [4.78, 5) is 0. The molecule has 0 saturated heterocycles. The van der Waals surface area contributed by atoms with Crippen molar-refractivity contribution in [2.45, 2.75) is 45.1 Å². The third-order valence-corrected chi connectivity index (χ3v) is 3.50. The second kappa shape index (κ2) is 3.76. The first kappa shape index (κ1) is 10.3. The van der Waals surface area contributed by atoms with Crippen LogP contribution in [0.4, 0.5) is 11.4 Å². The smallest absolute Gasteiger partial charge is 0.0371 e. The Kier molecular flexibility index (Phi) is 2.59. The van der Waals surface area contributed by atoms with Gasteiger partial charge in [-0.2, -0.15) is 0 Å². The Morgan fingerprint density at radius 1 is 1.33 bits per heavy atom. The van der Waals surface area contributed by atoms with Gasteiger partial charge in [-0.05, 0) is 56.4 Å². The zero-order valence-corrected chi connectivity index (χ0v) is 9.64. The van der Waals surface area contributed by atoms with Gasteiger partial charge in [0.15, 0.2) is 0 Å². The maximum Gasteiger partial charge on any atom is 0.0371 e. The lowest BCUT2D eigenvalue weighted by Gasteiger charge is -2.43. The molecule has 1 aliphatic carbocycles. The van der Waals surface area contributed by atoms with Crippen LogP contribution in [0.3, 0.4) is 0 Å². The monoisotopic (exact) mass is 204 g/mol. The number of rotatable bonds is 3. The number of anilines is 2. The van der Waals surface area contributed by atoms with E-state index in [9.17, 15) is 0 Å². The van der Waals surface area contributed by atoms with Crippen molar-refractivity contribution < 1.29 is 0 Å². The minimum Gasteiger partial charge on any atom is -0.399 e. The van der Waals surface area contributed by atoms with Crippen LogP contribution in [0.2, 0.25) is 0 Å². The lowest BCUT2D eigenvalue weighted by atomic mass is 9.74. The summed E-state index contributed by atoms with van der Waals surface area (Å²) in [5, 5.41) is 3.64. The van der Waals surface area contributed by atoms with Crippen molar-refractivity contribution in [2.75, 3.05) is 11.1 Å². The molecule has 0 heterocycles. The van der Waals surface area contributed by atoms with E-state index in [1.165, 1.54) is 36.9 Å². The molecule has 1 aromatic rings. The maximum atomic E-state index is 5.84. The first-order valence-electron chi connectivity index (χ1n) is 5.79. The van der Waals surface area contributed by atoms with E-state index in [0.717, 1.165) is 5.69 Å². The zero-order valence-electron chi connectivity index (χ0n) is 9.64. The number of aryl methyl sites for hydroxylation is 1. The van der Waals surface area contributed by atoms with E-state index in [1.54, 1.807) is 0 Å². The van der Waals surface area contributed by atoms with Gasteiger partial charge in [0.1, 0.15) is 0 Å². The summed E-state index contributed by atoms with van der Waals surface area (Å²) in [6.45, 7) is 4.34. The number of nitrogens with two attached hydrogens (primary N) is 1. The highest BCUT2D eigenvalue weighted by Gasteiger charge is 2.34. The molecule has 0 aromatic heterocycles. The van der Waals surface area contributed by atoms with Crippen LogP contribution in [0.25, 0.3) is 0 Å². The van der Waals surface area contributed by atoms with Crippen molar-refractivity contribution in [1.82, 2.24) is 0 Å². The normalized spacial score (nSPS) is 18.3. The largest absolute Gasteiger partial charge is 0.399 e. The molecule has 0 atom stereocenters. The van der Waals surface area contributed by atoms with Crippen molar-refractivity contribution >= 4 is 11.4 Å². The van der Waals surface area contributed by atoms with Crippen molar-refractivity contribution in [2.24, 2.45) is 0 Å². The van der Waals surface area contributed by atoms with Crippen LogP contribution < -0.4 is 11.1 Å². The predicted molar refractivity (Wildman–Crippen MR) is 66.1 cm³/mol. The van der Waals surface area contributed by atoms with Gasteiger partial charge in [0.25, 0.3) is 0 Å². The first-order chi connectivity index (χ1) is 7.13. The highest BCUT2D eigenvalue weighted by Crippen LogP contribution is 2.38. The lowest BCUT2D eigenvalue weighted by molar-refractivity contribution is 0.269. The molecule has 0 amide bonds. The van der Waals surface area contributed by atoms with Crippen molar-refractivity contribution in [3.8, 4) is 0 Å². The molecule has 1 aliphatic rings. The van der Waals surface area contributed by atoms with Crippen molar-refractivity contribution in [3.63, 3.8) is 0 Å². The molecule has 82 valence electrons. The summed E-state index contributed by atoms with van der Waals surface area (Å²) in [6.07, 6.45) is 5.12. The van der Waals surface area contributed by atoms with Gasteiger partial charge in [-0.25, -0.2) is 0 Å².